The molecule has 1 heterocycles. The molecule has 1 aliphatic rings. The average molecular weight is 276 g/mol. The van der Waals surface area contributed by atoms with Gasteiger partial charge in [0.05, 0.1) is 12.7 Å². The van der Waals surface area contributed by atoms with Crippen LogP contribution in [0.4, 0.5) is 0 Å². The molecule has 1 aromatic carbocycles. The van der Waals surface area contributed by atoms with Crippen LogP contribution in [-0.2, 0) is 17.9 Å². The van der Waals surface area contributed by atoms with Gasteiger partial charge in [0.1, 0.15) is 0 Å². The van der Waals surface area contributed by atoms with Crippen LogP contribution in [0.5, 0.6) is 0 Å². The highest BCUT2D eigenvalue weighted by molar-refractivity contribution is 5.22. The van der Waals surface area contributed by atoms with Gasteiger partial charge in [0.15, 0.2) is 0 Å². The topological polar surface area (TPSA) is 24.5 Å². The van der Waals surface area contributed by atoms with Crippen LogP contribution in [-0.4, -0.2) is 36.7 Å². The Balaban J connectivity index is 1.83. The Morgan fingerprint density at radius 1 is 1.30 bits per heavy atom. The van der Waals surface area contributed by atoms with Crippen molar-refractivity contribution in [2.24, 2.45) is 0 Å². The fourth-order valence-corrected chi connectivity index (χ4v) is 2.72. The number of benzene rings is 1. The molecule has 112 valence electrons. The number of likely N-dealkylation sites (tertiary alicyclic amines) is 1. The fourth-order valence-electron chi connectivity index (χ4n) is 2.72. The Morgan fingerprint density at radius 2 is 2.05 bits per heavy atom. The highest BCUT2D eigenvalue weighted by Crippen LogP contribution is 2.22. The molecule has 3 heteroatoms. The fraction of sp³-hybridized carbons (Fsp3) is 0.647. The summed E-state index contributed by atoms with van der Waals surface area (Å²) < 4.78 is 6.09. The van der Waals surface area contributed by atoms with E-state index in [1.807, 2.05) is 7.05 Å². The number of hydrogen-bond acceptors (Lipinski definition) is 3. The SMILES string of the molecule is CNCc1cccc(COC2CCN(C(C)(C)C)C2)c1. The standard InChI is InChI=1S/C17H28N2O/c1-17(2,3)19-9-8-16(12-19)20-13-15-7-5-6-14(10-15)11-18-4/h5-7,10,16,18H,8-9,11-13H2,1-4H3. The molecule has 20 heavy (non-hydrogen) atoms. The number of rotatable bonds is 5. The molecule has 2 rings (SSSR count). The Bertz CT molecular complexity index is 425. The van der Waals surface area contributed by atoms with Crippen molar-refractivity contribution in [2.45, 2.75) is 52.0 Å². The summed E-state index contributed by atoms with van der Waals surface area (Å²) in [6.07, 6.45) is 1.52. The van der Waals surface area contributed by atoms with Crippen LogP contribution >= 0.6 is 0 Å². The molecule has 1 N–H and O–H groups in total. The average Bonchev–Trinajstić information content (AvgIpc) is 2.86. The highest BCUT2D eigenvalue weighted by atomic mass is 16.5. The van der Waals surface area contributed by atoms with E-state index in [1.165, 1.54) is 11.1 Å². The minimum Gasteiger partial charge on any atom is -0.372 e. The van der Waals surface area contributed by atoms with E-state index in [0.29, 0.717) is 6.10 Å². The van der Waals surface area contributed by atoms with Crippen LogP contribution in [0.2, 0.25) is 0 Å². The first-order chi connectivity index (χ1) is 9.49. The maximum Gasteiger partial charge on any atom is 0.0721 e. The molecule has 0 amide bonds. The summed E-state index contributed by atoms with van der Waals surface area (Å²) in [6.45, 7) is 10.7. The maximum atomic E-state index is 6.09. The van der Waals surface area contributed by atoms with Crippen molar-refractivity contribution in [3.05, 3.63) is 35.4 Å². The van der Waals surface area contributed by atoms with E-state index < -0.39 is 0 Å². The molecule has 0 aliphatic carbocycles. The maximum absolute atomic E-state index is 6.09. The predicted octanol–water partition coefficient (Wildman–Crippen LogP) is 2.80. The van der Waals surface area contributed by atoms with E-state index in [1.54, 1.807) is 0 Å². The van der Waals surface area contributed by atoms with E-state index in [9.17, 15) is 0 Å². The normalized spacial score (nSPS) is 20.5. The molecular weight excluding hydrogens is 248 g/mol. The molecule has 1 fully saturated rings. The molecule has 0 saturated carbocycles. The van der Waals surface area contributed by atoms with Gasteiger partial charge in [0.2, 0.25) is 0 Å². The minimum atomic E-state index is 0.255. The number of hydrogen-bond donors (Lipinski definition) is 1. The van der Waals surface area contributed by atoms with Gasteiger partial charge >= 0.3 is 0 Å². The summed E-state index contributed by atoms with van der Waals surface area (Å²) in [4.78, 5) is 2.51. The van der Waals surface area contributed by atoms with Crippen molar-refractivity contribution in [2.75, 3.05) is 20.1 Å². The third kappa shape index (κ3) is 4.30. The van der Waals surface area contributed by atoms with E-state index >= 15 is 0 Å². The zero-order chi connectivity index (χ0) is 14.6. The molecule has 1 aromatic rings. The van der Waals surface area contributed by atoms with Gasteiger partial charge in [-0.3, -0.25) is 4.90 Å². The largest absolute Gasteiger partial charge is 0.372 e. The first-order valence-corrected chi connectivity index (χ1v) is 7.58. The van der Waals surface area contributed by atoms with E-state index in [0.717, 1.165) is 32.7 Å². The van der Waals surface area contributed by atoms with Gasteiger partial charge in [-0.25, -0.2) is 0 Å². The van der Waals surface area contributed by atoms with Crippen molar-refractivity contribution >= 4 is 0 Å². The molecule has 1 atom stereocenters. The molecule has 0 aromatic heterocycles. The molecule has 1 unspecified atom stereocenters. The zero-order valence-corrected chi connectivity index (χ0v) is 13.3. The van der Waals surface area contributed by atoms with Crippen LogP contribution in [0.25, 0.3) is 0 Å². The van der Waals surface area contributed by atoms with Crippen molar-refractivity contribution in [3.8, 4) is 0 Å². The number of nitrogens with zero attached hydrogens (tertiary/aromatic N) is 1. The van der Waals surface area contributed by atoms with E-state index in [4.69, 9.17) is 4.74 Å². The van der Waals surface area contributed by atoms with Gasteiger partial charge in [-0.2, -0.15) is 0 Å². The van der Waals surface area contributed by atoms with Gasteiger partial charge in [0.25, 0.3) is 0 Å². The van der Waals surface area contributed by atoms with Crippen molar-refractivity contribution in [3.63, 3.8) is 0 Å². The lowest BCUT2D eigenvalue weighted by molar-refractivity contribution is 0.0379. The summed E-state index contributed by atoms with van der Waals surface area (Å²) in [5, 5.41) is 3.18. The molecule has 0 spiro atoms. The smallest absolute Gasteiger partial charge is 0.0721 e. The van der Waals surface area contributed by atoms with Crippen LogP contribution in [0.3, 0.4) is 0 Å². The Labute approximate surface area is 123 Å². The van der Waals surface area contributed by atoms with Gasteiger partial charge in [-0.05, 0) is 45.4 Å². The van der Waals surface area contributed by atoms with Crippen molar-refractivity contribution in [1.82, 2.24) is 10.2 Å². The zero-order valence-electron chi connectivity index (χ0n) is 13.3. The Morgan fingerprint density at radius 3 is 2.70 bits per heavy atom. The lowest BCUT2D eigenvalue weighted by Crippen LogP contribution is -2.40. The van der Waals surface area contributed by atoms with Gasteiger partial charge in [0, 0.05) is 25.2 Å². The first-order valence-electron chi connectivity index (χ1n) is 7.58. The lowest BCUT2D eigenvalue weighted by Gasteiger charge is -2.31. The molecule has 3 nitrogen and oxygen atoms in total. The lowest BCUT2D eigenvalue weighted by atomic mass is 10.1. The minimum absolute atomic E-state index is 0.255. The van der Waals surface area contributed by atoms with Gasteiger partial charge < -0.3 is 10.1 Å². The molecule has 1 saturated heterocycles. The molecular formula is C17H28N2O. The summed E-state index contributed by atoms with van der Waals surface area (Å²) in [7, 11) is 1.97. The van der Waals surface area contributed by atoms with E-state index in [2.05, 4.69) is 55.3 Å². The predicted molar refractivity (Wildman–Crippen MR) is 83.7 cm³/mol. The van der Waals surface area contributed by atoms with E-state index in [-0.39, 0.29) is 5.54 Å². The van der Waals surface area contributed by atoms with Crippen LogP contribution < -0.4 is 5.32 Å². The molecule has 0 radical (unpaired) electrons. The van der Waals surface area contributed by atoms with Crippen LogP contribution in [0, 0.1) is 0 Å². The molecule has 1 aliphatic heterocycles. The molecule has 0 bridgehead atoms. The number of nitrogens with one attached hydrogen (secondary N) is 1. The Kier molecular flexibility index (Phi) is 5.19. The Hall–Kier alpha value is -0.900. The van der Waals surface area contributed by atoms with Crippen molar-refractivity contribution < 1.29 is 4.74 Å². The summed E-state index contributed by atoms with van der Waals surface area (Å²) >= 11 is 0. The van der Waals surface area contributed by atoms with Crippen LogP contribution in [0.1, 0.15) is 38.3 Å². The summed E-state index contributed by atoms with van der Waals surface area (Å²) in [5.41, 5.74) is 2.84. The second kappa shape index (κ2) is 6.70. The summed E-state index contributed by atoms with van der Waals surface area (Å²) in [6, 6.07) is 8.64. The quantitative estimate of drug-likeness (QED) is 0.895. The monoisotopic (exact) mass is 276 g/mol. The van der Waals surface area contributed by atoms with Gasteiger partial charge in [-0.15, -0.1) is 0 Å². The second-order valence-corrected chi connectivity index (χ2v) is 6.69. The second-order valence-electron chi connectivity index (χ2n) is 6.69. The van der Waals surface area contributed by atoms with Crippen molar-refractivity contribution in [1.29, 1.82) is 0 Å². The number of ether oxygens (including phenoxy) is 1. The van der Waals surface area contributed by atoms with Crippen LogP contribution in [0.15, 0.2) is 24.3 Å². The van der Waals surface area contributed by atoms with Gasteiger partial charge in [-0.1, -0.05) is 24.3 Å². The third-order valence-corrected chi connectivity index (χ3v) is 3.95. The summed E-state index contributed by atoms with van der Waals surface area (Å²) in [5.74, 6) is 0. The third-order valence-electron chi connectivity index (χ3n) is 3.95. The first kappa shape index (κ1) is 15.5. The highest BCUT2D eigenvalue weighted by Gasteiger charge is 2.30.